The van der Waals surface area contributed by atoms with Crippen LogP contribution in [0.5, 0.6) is 0 Å². The molecule has 4 N–H and O–H groups in total. The molecule has 1 fully saturated rings. The summed E-state index contributed by atoms with van der Waals surface area (Å²) in [5.74, 6) is 0.876. The zero-order valence-corrected chi connectivity index (χ0v) is 14.6. The normalized spacial score (nSPS) is 25.6. The van der Waals surface area contributed by atoms with Crippen molar-refractivity contribution in [2.75, 3.05) is 6.61 Å². The molecular formula is C11H13FN2O10P2. The van der Waals surface area contributed by atoms with Gasteiger partial charge >= 0.3 is 21.3 Å². The Morgan fingerprint density at radius 1 is 1.46 bits per heavy atom. The van der Waals surface area contributed by atoms with Gasteiger partial charge in [0.2, 0.25) is 11.5 Å². The number of phosphoric ester groups is 1. The molecule has 1 aromatic heterocycles. The molecule has 0 radical (unpaired) electrons. The number of phosphoric acid groups is 2. The highest BCUT2D eigenvalue weighted by molar-refractivity contribution is 7.60. The van der Waals surface area contributed by atoms with Crippen LogP contribution >= 0.6 is 15.6 Å². The zero-order chi connectivity index (χ0) is 19.8. The predicted molar refractivity (Wildman–Crippen MR) is 81.1 cm³/mol. The van der Waals surface area contributed by atoms with Crippen LogP contribution in [0.2, 0.25) is 0 Å². The lowest BCUT2D eigenvalue weighted by molar-refractivity contribution is -0.0722. The fourth-order valence-corrected chi connectivity index (χ4v) is 3.89. The van der Waals surface area contributed by atoms with E-state index in [1.165, 1.54) is 0 Å². The summed E-state index contributed by atoms with van der Waals surface area (Å²) in [6.07, 6.45) is 4.97. The average Bonchev–Trinajstić information content (AvgIpc) is 2.91. The fraction of sp³-hybridized carbons (Fsp3) is 0.455. The van der Waals surface area contributed by atoms with Crippen molar-refractivity contribution in [2.24, 2.45) is 0 Å². The van der Waals surface area contributed by atoms with E-state index in [0.717, 1.165) is 0 Å². The van der Waals surface area contributed by atoms with Gasteiger partial charge in [0.1, 0.15) is 0 Å². The second kappa shape index (κ2) is 7.19. The van der Waals surface area contributed by atoms with Gasteiger partial charge in [0, 0.05) is 6.42 Å². The third-order valence-electron chi connectivity index (χ3n) is 3.31. The number of halogens is 1. The monoisotopic (exact) mass is 414 g/mol. The highest BCUT2D eigenvalue weighted by Gasteiger charge is 2.43. The molecule has 1 unspecified atom stereocenters. The Balaban J connectivity index is 2.16. The van der Waals surface area contributed by atoms with Crippen LogP contribution in [0.3, 0.4) is 0 Å². The predicted octanol–water partition coefficient (Wildman–Crippen LogP) is -0.633. The summed E-state index contributed by atoms with van der Waals surface area (Å²) in [6, 6.07) is 0. The third kappa shape index (κ3) is 4.76. The molecule has 0 spiro atoms. The van der Waals surface area contributed by atoms with Gasteiger partial charge in [0.15, 0.2) is 0 Å². The maximum atomic E-state index is 13.5. The van der Waals surface area contributed by atoms with Crippen molar-refractivity contribution in [1.82, 2.24) is 9.55 Å². The maximum Gasteiger partial charge on any atom is 0.481 e. The second-order valence-corrected chi connectivity index (χ2v) is 7.98. The number of rotatable bonds is 6. The molecule has 0 aliphatic carbocycles. The summed E-state index contributed by atoms with van der Waals surface area (Å²) < 4.78 is 49.5. The Bertz CT molecular complexity index is 946. The van der Waals surface area contributed by atoms with Gasteiger partial charge in [-0.1, -0.05) is 0 Å². The minimum atomic E-state index is -5.28. The molecule has 26 heavy (non-hydrogen) atoms. The Labute approximate surface area is 144 Å². The molecule has 1 saturated heterocycles. The van der Waals surface area contributed by atoms with Crippen molar-refractivity contribution < 1.29 is 41.8 Å². The van der Waals surface area contributed by atoms with Crippen LogP contribution in [0.25, 0.3) is 0 Å². The van der Waals surface area contributed by atoms with Crippen LogP contribution in [-0.4, -0.2) is 36.9 Å². The van der Waals surface area contributed by atoms with E-state index in [2.05, 4.69) is 14.8 Å². The molecule has 1 aliphatic rings. The average molecular weight is 414 g/mol. The number of aromatic amines is 1. The van der Waals surface area contributed by atoms with Crippen molar-refractivity contribution in [3.63, 3.8) is 0 Å². The van der Waals surface area contributed by atoms with E-state index >= 15 is 0 Å². The van der Waals surface area contributed by atoms with Crippen LogP contribution in [-0.2, 0) is 28.4 Å². The minimum Gasteiger partial charge on any atom is -0.338 e. The lowest BCUT2D eigenvalue weighted by atomic mass is 10.1. The van der Waals surface area contributed by atoms with Crippen molar-refractivity contribution in [3.05, 3.63) is 32.9 Å². The van der Waals surface area contributed by atoms with Gasteiger partial charge in [-0.05, 0) is 12.3 Å². The van der Waals surface area contributed by atoms with Crippen molar-refractivity contribution >= 4 is 15.6 Å². The molecule has 144 valence electrons. The molecule has 0 aromatic carbocycles. The second-order valence-electron chi connectivity index (χ2n) is 5.15. The molecule has 2 heterocycles. The van der Waals surface area contributed by atoms with Crippen molar-refractivity contribution in [2.45, 2.75) is 24.7 Å². The van der Waals surface area contributed by atoms with Gasteiger partial charge < -0.3 is 19.4 Å². The number of nitrogens with zero attached hydrogens (tertiary/aromatic N) is 1. The SMILES string of the molecule is C#C[C@]1(n2cc(F)c(=O)[nH]c2=O)CC[C@@H](COP(=O)(O)OP(=O)(O)O)O1. The number of ether oxygens (including phenoxy) is 1. The summed E-state index contributed by atoms with van der Waals surface area (Å²) in [7, 11) is -10.4. The number of hydrogen-bond donors (Lipinski definition) is 4. The third-order valence-corrected chi connectivity index (χ3v) is 5.46. The number of H-pyrrole nitrogens is 1. The summed E-state index contributed by atoms with van der Waals surface area (Å²) in [6.45, 7) is -0.669. The number of nitrogens with one attached hydrogen (secondary N) is 1. The van der Waals surface area contributed by atoms with Crippen LogP contribution in [0.1, 0.15) is 12.8 Å². The largest absolute Gasteiger partial charge is 0.481 e. The van der Waals surface area contributed by atoms with Gasteiger partial charge in [0.25, 0.3) is 5.56 Å². The molecule has 1 aromatic rings. The van der Waals surface area contributed by atoms with Crippen molar-refractivity contribution in [3.8, 4) is 12.3 Å². The summed E-state index contributed by atoms with van der Waals surface area (Å²) in [4.78, 5) is 50.9. The van der Waals surface area contributed by atoms with E-state index in [1.54, 1.807) is 4.98 Å². The molecule has 1 aliphatic heterocycles. The van der Waals surface area contributed by atoms with Gasteiger partial charge in [-0.15, -0.1) is 6.42 Å². The Kier molecular flexibility index (Phi) is 5.72. The quantitative estimate of drug-likeness (QED) is 0.346. The van der Waals surface area contributed by atoms with Gasteiger partial charge in [-0.25, -0.2) is 13.9 Å². The number of terminal acetylenes is 1. The van der Waals surface area contributed by atoms with Crippen LogP contribution in [0.15, 0.2) is 15.8 Å². The highest BCUT2D eigenvalue weighted by atomic mass is 31.3. The summed E-state index contributed by atoms with van der Waals surface area (Å²) >= 11 is 0. The topological polar surface area (TPSA) is 177 Å². The van der Waals surface area contributed by atoms with E-state index in [9.17, 15) is 28.0 Å². The lowest BCUT2D eigenvalue weighted by Gasteiger charge is -2.26. The van der Waals surface area contributed by atoms with E-state index < -0.39 is 51.1 Å². The number of aromatic nitrogens is 2. The maximum absolute atomic E-state index is 13.5. The number of hydrogen-bond acceptors (Lipinski definition) is 7. The molecule has 3 atom stereocenters. The first kappa shape index (κ1) is 20.7. The van der Waals surface area contributed by atoms with Crippen LogP contribution < -0.4 is 11.2 Å². The molecule has 0 bridgehead atoms. The fourth-order valence-electron chi connectivity index (χ4n) is 2.27. The zero-order valence-electron chi connectivity index (χ0n) is 12.8. The highest BCUT2D eigenvalue weighted by Crippen LogP contribution is 2.57. The molecule has 2 rings (SSSR count). The van der Waals surface area contributed by atoms with Crippen LogP contribution in [0, 0.1) is 18.2 Å². The first-order valence-electron chi connectivity index (χ1n) is 6.79. The Morgan fingerprint density at radius 2 is 2.12 bits per heavy atom. The van der Waals surface area contributed by atoms with Gasteiger partial charge in [-0.3, -0.25) is 18.9 Å². The van der Waals surface area contributed by atoms with Crippen molar-refractivity contribution in [1.29, 1.82) is 0 Å². The molecular weight excluding hydrogens is 401 g/mol. The first-order valence-corrected chi connectivity index (χ1v) is 9.82. The van der Waals surface area contributed by atoms with Gasteiger partial charge in [0.05, 0.1) is 18.9 Å². The molecule has 12 nitrogen and oxygen atoms in total. The van der Waals surface area contributed by atoms with Crippen LogP contribution in [0.4, 0.5) is 4.39 Å². The Morgan fingerprint density at radius 3 is 2.69 bits per heavy atom. The van der Waals surface area contributed by atoms with E-state index in [4.69, 9.17) is 20.9 Å². The lowest BCUT2D eigenvalue weighted by Crippen LogP contribution is -2.44. The van der Waals surface area contributed by atoms with E-state index in [0.29, 0.717) is 10.8 Å². The first-order chi connectivity index (χ1) is 11.9. The molecule has 0 amide bonds. The standard InChI is InChI=1S/C11H13FN2O10P2/c1-2-11(14-5-8(12)9(15)13-10(14)16)4-3-7(23-11)6-22-26(20,21)24-25(17,18)19/h1,5,7H,3-4,6H2,(H,20,21)(H,13,15,16)(H2,17,18,19)/t7-,11+/m0/s1. The smallest absolute Gasteiger partial charge is 0.338 e. The minimum absolute atomic E-state index is 0.0437. The molecule has 0 saturated carbocycles. The van der Waals surface area contributed by atoms with E-state index in [1.807, 2.05) is 0 Å². The Hall–Kier alpha value is -1.61. The summed E-state index contributed by atoms with van der Waals surface area (Å²) in [5.41, 5.74) is -4.07. The van der Waals surface area contributed by atoms with Gasteiger partial charge in [-0.2, -0.15) is 8.70 Å². The molecule has 15 heteroatoms. The summed E-state index contributed by atoms with van der Waals surface area (Å²) in [5, 5.41) is 0. The van der Waals surface area contributed by atoms with E-state index in [-0.39, 0.29) is 12.8 Å².